The molecular weight excluding hydrogens is 780 g/mol. The highest BCUT2D eigenvalue weighted by atomic mass is 16.6. The van der Waals surface area contributed by atoms with Gasteiger partial charge in [0, 0.05) is 12.1 Å². The third kappa shape index (κ3) is 23.6. The normalized spacial score (nSPS) is 12.4. The molecule has 332 valence electrons. The Morgan fingerprint density at radius 3 is 0.949 bits per heavy atom. The molecule has 1 aliphatic heterocycles. The summed E-state index contributed by atoms with van der Waals surface area (Å²) in [4.78, 5) is 36.0. The molecule has 3 rings (SSSR count). The van der Waals surface area contributed by atoms with Crippen molar-refractivity contribution >= 4 is 17.5 Å². The second kappa shape index (κ2) is 34.1. The Balaban J connectivity index is 0.899. The van der Waals surface area contributed by atoms with Crippen molar-refractivity contribution in [2.24, 2.45) is 0 Å². The van der Waals surface area contributed by atoms with Crippen LogP contribution in [0.3, 0.4) is 0 Å². The standard InChI is InChI=1S/C40H60N2O17/c43-39-37-3-1-2-4-38(37)40(44)41(39)9-10-47-11-12-48-13-14-49-15-16-50-17-18-51-19-20-52-21-22-53-23-24-54-25-26-55-27-28-56-29-30-57-31-32-58-33-34-59-36-7-5-35(6-8-36)42(45)46/h1-8H,9-34H2. The molecule has 19 heteroatoms. The number of imide groups is 1. The summed E-state index contributed by atoms with van der Waals surface area (Å²) in [5, 5.41) is 10.7. The summed E-state index contributed by atoms with van der Waals surface area (Å²) < 4.78 is 71.2. The van der Waals surface area contributed by atoms with Crippen LogP contribution in [0.1, 0.15) is 20.7 Å². The van der Waals surface area contributed by atoms with E-state index in [1.165, 1.54) is 17.0 Å². The van der Waals surface area contributed by atoms with E-state index in [1.54, 1.807) is 36.4 Å². The maximum Gasteiger partial charge on any atom is 0.269 e. The minimum atomic E-state index is -0.456. The van der Waals surface area contributed by atoms with Crippen LogP contribution in [0.4, 0.5) is 5.69 Å². The first-order chi connectivity index (χ1) is 29.1. The molecule has 0 radical (unpaired) electrons. The summed E-state index contributed by atoms with van der Waals surface area (Å²) in [6, 6.07) is 12.7. The molecule has 0 spiro atoms. The Morgan fingerprint density at radius 2 is 0.661 bits per heavy atom. The van der Waals surface area contributed by atoms with E-state index >= 15 is 0 Å². The molecule has 0 saturated carbocycles. The highest BCUT2D eigenvalue weighted by Crippen LogP contribution is 2.22. The van der Waals surface area contributed by atoms with Crippen LogP contribution in [-0.2, 0) is 56.8 Å². The number of rotatable bonds is 41. The smallest absolute Gasteiger partial charge is 0.269 e. The van der Waals surface area contributed by atoms with Crippen LogP contribution < -0.4 is 4.74 Å². The summed E-state index contributed by atoms with van der Waals surface area (Å²) in [5.74, 6) is -0.0198. The van der Waals surface area contributed by atoms with Gasteiger partial charge in [0.25, 0.3) is 17.5 Å². The third-order valence-corrected chi connectivity index (χ3v) is 7.97. The average molecular weight is 841 g/mol. The van der Waals surface area contributed by atoms with Crippen molar-refractivity contribution in [2.75, 3.05) is 172 Å². The van der Waals surface area contributed by atoms with E-state index in [4.69, 9.17) is 61.6 Å². The third-order valence-electron chi connectivity index (χ3n) is 7.97. The van der Waals surface area contributed by atoms with E-state index < -0.39 is 4.92 Å². The predicted molar refractivity (Wildman–Crippen MR) is 210 cm³/mol. The van der Waals surface area contributed by atoms with Crippen LogP contribution in [0.2, 0.25) is 0 Å². The zero-order valence-electron chi connectivity index (χ0n) is 33.8. The minimum Gasteiger partial charge on any atom is -0.491 e. The first-order valence-electron chi connectivity index (χ1n) is 19.8. The number of amides is 2. The molecule has 0 bridgehead atoms. The average Bonchev–Trinajstić information content (AvgIpc) is 3.49. The van der Waals surface area contributed by atoms with Gasteiger partial charge >= 0.3 is 0 Å². The molecule has 2 aromatic rings. The predicted octanol–water partition coefficient (Wildman–Crippen LogP) is 2.47. The molecule has 0 unspecified atom stereocenters. The van der Waals surface area contributed by atoms with E-state index in [0.29, 0.717) is 175 Å². The van der Waals surface area contributed by atoms with Gasteiger partial charge in [-0.2, -0.15) is 0 Å². The molecule has 0 fully saturated rings. The number of non-ortho nitro benzene ring substituents is 1. The van der Waals surface area contributed by atoms with E-state index in [2.05, 4.69) is 0 Å². The first-order valence-corrected chi connectivity index (χ1v) is 19.8. The van der Waals surface area contributed by atoms with Gasteiger partial charge in [0.15, 0.2) is 0 Å². The summed E-state index contributed by atoms with van der Waals surface area (Å²) in [7, 11) is 0. The lowest BCUT2D eigenvalue weighted by Gasteiger charge is -2.13. The Bertz CT molecular complexity index is 1350. The highest BCUT2D eigenvalue weighted by molar-refractivity contribution is 6.21. The van der Waals surface area contributed by atoms with Crippen molar-refractivity contribution in [1.82, 2.24) is 4.90 Å². The molecule has 0 N–H and O–H groups in total. The lowest BCUT2D eigenvalue weighted by Crippen LogP contribution is -2.33. The summed E-state index contributed by atoms with van der Waals surface area (Å²) >= 11 is 0. The van der Waals surface area contributed by atoms with Gasteiger partial charge in [-0.25, -0.2) is 0 Å². The maximum absolute atomic E-state index is 12.3. The number of nitro groups is 1. The summed E-state index contributed by atoms with van der Waals surface area (Å²) in [6.07, 6.45) is 0. The molecule has 59 heavy (non-hydrogen) atoms. The van der Waals surface area contributed by atoms with Crippen molar-refractivity contribution < 1.29 is 76.1 Å². The number of hydrogen-bond acceptors (Lipinski definition) is 17. The van der Waals surface area contributed by atoms with Crippen LogP contribution in [-0.4, -0.2) is 193 Å². The van der Waals surface area contributed by atoms with Gasteiger partial charge in [0.05, 0.1) is 181 Å². The van der Waals surface area contributed by atoms with Gasteiger partial charge in [-0.05, 0) is 24.3 Å². The number of benzene rings is 2. The fraction of sp³-hybridized carbons (Fsp3) is 0.650. The summed E-state index contributed by atoms with van der Waals surface area (Å²) in [5.41, 5.74) is 0.890. The number of nitrogens with zero attached hydrogens (tertiary/aromatic N) is 2. The molecular formula is C40H60N2O17. The van der Waals surface area contributed by atoms with Crippen LogP contribution in [0.5, 0.6) is 5.75 Å². The van der Waals surface area contributed by atoms with Crippen molar-refractivity contribution in [3.63, 3.8) is 0 Å². The second-order valence-corrected chi connectivity index (χ2v) is 12.3. The summed E-state index contributed by atoms with van der Waals surface area (Å²) in [6.45, 7) is 11.1. The van der Waals surface area contributed by atoms with Crippen LogP contribution in [0, 0.1) is 10.1 Å². The van der Waals surface area contributed by atoms with Gasteiger partial charge in [0.1, 0.15) is 12.4 Å². The highest BCUT2D eigenvalue weighted by Gasteiger charge is 2.34. The molecule has 0 aromatic heterocycles. The van der Waals surface area contributed by atoms with Crippen LogP contribution in [0.15, 0.2) is 48.5 Å². The monoisotopic (exact) mass is 840 g/mol. The lowest BCUT2D eigenvalue weighted by atomic mass is 10.1. The second-order valence-electron chi connectivity index (χ2n) is 12.3. The Hall–Kier alpha value is -3.70. The number of carbonyl (C=O) groups is 2. The fourth-order valence-electron chi connectivity index (χ4n) is 5.00. The zero-order valence-corrected chi connectivity index (χ0v) is 33.8. The molecule has 2 amide bonds. The van der Waals surface area contributed by atoms with Crippen molar-refractivity contribution in [3.8, 4) is 5.75 Å². The van der Waals surface area contributed by atoms with Crippen molar-refractivity contribution in [3.05, 3.63) is 69.8 Å². The molecule has 0 atom stereocenters. The largest absolute Gasteiger partial charge is 0.491 e. The van der Waals surface area contributed by atoms with Crippen molar-refractivity contribution in [2.45, 2.75) is 0 Å². The van der Waals surface area contributed by atoms with E-state index in [1.807, 2.05) is 0 Å². The lowest BCUT2D eigenvalue weighted by molar-refractivity contribution is -0.384. The minimum absolute atomic E-state index is 0.0195. The Labute approximate surface area is 345 Å². The van der Waals surface area contributed by atoms with E-state index in [0.717, 1.165) is 0 Å². The van der Waals surface area contributed by atoms with Gasteiger partial charge in [-0.3, -0.25) is 24.6 Å². The number of fused-ring (bicyclic) bond motifs is 1. The Kier molecular flexibility index (Phi) is 28.7. The van der Waals surface area contributed by atoms with Gasteiger partial charge in [-0.1, -0.05) is 12.1 Å². The molecule has 0 saturated heterocycles. The molecule has 2 aromatic carbocycles. The molecule has 1 aliphatic rings. The number of carbonyl (C=O) groups excluding carboxylic acids is 2. The number of ether oxygens (including phenoxy) is 13. The molecule has 1 heterocycles. The van der Waals surface area contributed by atoms with Gasteiger partial charge in [-0.15, -0.1) is 0 Å². The van der Waals surface area contributed by atoms with Crippen molar-refractivity contribution in [1.29, 1.82) is 0 Å². The van der Waals surface area contributed by atoms with E-state index in [9.17, 15) is 19.7 Å². The zero-order chi connectivity index (χ0) is 41.9. The maximum atomic E-state index is 12.3. The topological polar surface area (TPSA) is 201 Å². The Morgan fingerprint density at radius 1 is 0.390 bits per heavy atom. The van der Waals surface area contributed by atoms with E-state index in [-0.39, 0.29) is 30.7 Å². The van der Waals surface area contributed by atoms with Gasteiger partial charge in [0.2, 0.25) is 0 Å². The quantitative estimate of drug-likeness (QED) is 0.0409. The fourth-order valence-corrected chi connectivity index (χ4v) is 5.00. The van der Waals surface area contributed by atoms with Gasteiger partial charge < -0.3 is 61.6 Å². The first kappa shape index (κ1) is 49.7. The molecule has 19 nitrogen and oxygen atoms in total. The SMILES string of the molecule is O=C1c2ccccc2C(=O)N1CCOCCOCCOCCOCCOCCOCCOCCOCCOCCOCCOCCOCCOc1ccc([N+](=O)[O-])cc1. The molecule has 0 aliphatic carbocycles. The van der Waals surface area contributed by atoms with Crippen LogP contribution >= 0.6 is 0 Å². The number of hydrogen-bond donors (Lipinski definition) is 0. The van der Waals surface area contributed by atoms with Crippen LogP contribution in [0.25, 0.3) is 0 Å². The number of nitro benzene ring substituents is 1.